The third-order valence-corrected chi connectivity index (χ3v) is 2.07. The van der Waals surface area contributed by atoms with Crippen molar-refractivity contribution in [2.24, 2.45) is 0 Å². The molecular formula is C10H7ClINO2. The van der Waals surface area contributed by atoms with E-state index in [-0.39, 0.29) is 6.61 Å². The molecule has 1 N–H and O–H groups in total. The van der Waals surface area contributed by atoms with Crippen molar-refractivity contribution < 1.29 is 9.53 Å². The fourth-order valence-electron chi connectivity index (χ4n) is 0.816. The van der Waals surface area contributed by atoms with Crippen molar-refractivity contribution in [3.8, 4) is 9.85 Å². The lowest BCUT2D eigenvalue weighted by Crippen LogP contribution is -2.13. The van der Waals surface area contributed by atoms with Crippen molar-refractivity contribution in [2.75, 3.05) is 11.9 Å². The molecule has 3 nitrogen and oxygen atoms in total. The number of amides is 1. The van der Waals surface area contributed by atoms with E-state index in [1.807, 2.05) is 22.6 Å². The van der Waals surface area contributed by atoms with E-state index in [9.17, 15) is 4.79 Å². The summed E-state index contributed by atoms with van der Waals surface area (Å²) >= 11 is 7.56. The summed E-state index contributed by atoms with van der Waals surface area (Å²) in [5.41, 5.74) is 0.631. The molecule has 0 heterocycles. The molecule has 0 fully saturated rings. The number of hydrogen-bond acceptors (Lipinski definition) is 2. The highest BCUT2D eigenvalue weighted by Crippen LogP contribution is 2.13. The van der Waals surface area contributed by atoms with Crippen LogP contribution >= 0.6 is 34.2 Å². The molecule has 0 bridgehead atoms. The van der Waals surface area contributed by atoms with Crippen molar-refractivity contribution in [1.29, 1.82) is 0 Å². The second-order valence-corrected chi connectivity index (χ2v) is 3.46. The molecule has 0 aromatic heterocycles. The topological polar surface area (TPSA) is 38.3 Å². The number of rotatable bonds is 2. The maximum absolute atomic E-state index is 11.1. The van der Waals surface area contributed by atoms with Gasteiger partial charge in [-0.15, -0.1) is 0 Å². The number of anilines is 1. The monoisotopic (exact) mass is 335 g/mol. The molecule has 1 amide bonds. The Morgan fingerprint density at radius 3 is 2.73 bits per heavy atom. The quantitative estimate of drug-likeness (QED) is 0.665. The molecule has 0 aliphatic carbocycles. The number of nitrogens with one attached hydrogen (secondary N) is 1. The van der Waals surface area contributed by atoms with Gasteiger partial charge in [0.25, 0.3) is 0 Å². The fourth-order valence-corrected chi connectivity index (χ4v) is 1.10. The third kappa shape index (κ3) is 4.91. The maximum Gasteiger partial charge on any atom is 0.412 e. The number of benzene rings is 1. The van der Waals surface area contributed by atoms with E-state index in [0.717, 1.165) is 0 Å². The number of ether oxygens (including phenoxy) is 1. The first-order valence-electron chi connectivity index (χ1n) is 4.00. The Morgan fingerprint density at radius 1 is 1.47 bits per heavy atom. The van der Waals surface area contributed by atoms with E-state index in [0.29, 0.717) is 10.7 Å². The van der Waals surface area contributed by atoms with E-state index in [4.69, 9.17) is 16.3 Å². The van der Waals surface area contributed by atoms with Crippen LogP contribution in [0.1, 0.15) is 0 Å². The van der Waals surface area contributed by atoms with Crippen LogP contribution in [0.4, 0.5) is 10.5 Å². The number of carbonyl (C=O) groups is 1. The standard InChI is InChI=1S/C10H7ClINO2/c11-8-2-4-9(5-3-8)13-10(14)15-7-1-6-12/h2-5H,7H2,(H,13,14). The predicted molar refractivity (Wildman–Crippen MR) is 68.2 cm³/mol. The van der Waals surface area contributed by atoms with Crippen LogP contribution in [0.25, 0.3) is 0 Å². The molecule has 0 aliphatic rings. The van der Waals surface area contributed by atoms with Gasteiger partial charge in [-0.3, -0.25) is 5.32 Å². The molecule has 0 saturated heterocycles. The van der Waals surface area contributed by atoms with Crippen LogP contribution in [-0.4, -0.2) is 12.7 Å². The average molecular weight is 336 g/mol. The molecule has 1 aromatic rings. The van der Waals surface area contributed by atoms with Crippen molar-refractivity contribution in [1.82, 2.24) is 0 Å². The van der Waals surface area contributed by atoms with Gasteiger partial charge < -0.3 is 4.74 Å². The third-order valence-electron chi connectivity index (χ3n) is 1.43. The Hall–Kier alpha value is -0.930. The minimum atomic E-state index is -0.531. The van der Waals surface area contributed by atoms with Crippen LogP contribution in [0.2, 0.25) is 5.02 Å². The highest BCUT2D eigenvalue weighted by molar-refractivity contribution is 14.1. The Morgan fingerprint density at radius 2 is 2.13 bits per heavy atom. The SMILES string of the molecule is O=C(Nc1ccc(Cl)cc1)OCC#CI. The molecule has 0 aliphatic heterocycles. The van der Waals surface area contributed by atoms with Gasteiger partial charge in [0, 0.05) is 33.3 Å². The van der Waals surface area contributed by atoms with Crippen LogP contribution in [-0.2, 0) is 4.74 Å². The first kappa shape index (κ1) is 12.1. The highest BCUT2D eigenvalue weighted by Gasteiger charge is 2.00. The Kier molecular flexibility index (Phi) is 5.29. The molecule has 78 valence electrons. The Labute approximate surface area is 106 Å². The molecule has 0 spiro atoms. The van der Waals surface area contributed by atoms with Gasteiger partial charge in [0.1, 0.15) is 0 Å². The predicted octanol–water partition coefficient (Wildman–Crippen LogP) is 3.28. The number of carbonyl (C=O) groups excluding carboxylic acids is 1. The van der Waals surface area contributed by atoms with Crippen LogP contribution in [0.5, 0.6) is 0 Å². The zero-order valence-corrected chi connectivity index (χ0v) is 10.5. The molecular weight excluding hydrogens is 328 g/mol. The second kappa shape index (κ2) is 6.53. The number of hydrogen-bond donors (Lipinski definition) is 1. The molecule has 0 saturated carbocycles. The summed E-state index contributed by atoms with van der Waals surface area (Å²) in [6.45, 7) is 0.0857. The number of halogens is 2. The normalized spacial score (nSPS) is 8.67. The maximum atomic E-state index is 11.1. The first-order valence-corrected chi connectivity index (χ1v) is 5.46. The summed E-state index contributed by atoms with van der Waals surface area (Å²) in [5, 5.41) is 3.15. The zero-order chi connectivity index (χ0) is 11.1. The summed E-state index contributed by atoms with van der Waals surface area (Å²) in [5.74, 6) is 2.61. The smallest absolute Gasteiger partial charge is 0.412 e. The lowest BCUT2D eigenvalue weighted by atomic mass is 10.3. The summed E-state index contributed by atoms with van der Waals surface area (Å²) in [6.07, 6.45) is -0.531. The van der Waals surface area contributed by atoms with Crippen LogP contribution in [0.3, 0.4) is 0 Å². The highest BCUT2D eigenvalue weighted by atomic mass is 127. The van der Waals surface area contributed by atoms with Gasteiger partial charge in [-0.1, -0.05) is 17.5 Å². The van der Waals surface area contributed by atoms with Gasteiger partial charge in [-0.05, 0) is 28.2 Å². The van der Waals surface area contributed by atoms with Gasteiger partial charge in [0.05, 0.1) is 0 Å². The molecule has 15 heavy (non-hydrogen) atoms. The molecule has 0 radical (unpaired) electrons. The lowest BCUT2D eigenvalue weighted by molar-refractivity contribution is 0.176. The van der Waals surface area contributed by atoms with Crippen molar-refractivity contribution in [3.05, 3.63) is 29.3 Å². The summed E-state index contributed by atoms with van der Waals surface area (Å²) < 4.78 is 7.35. The van der Waals surface area contributed by atoms with Gasteiger partial charge in [-0.25, -0.2) is 4.79 Å². The molecule has 5 heteroatoms. The fraction of sp³-hybridized carbons (Fsp3) is 0.100. The summed E-state index contributed by atoms with van der Waals surface area (Å²) in [4.78, 5) is 11.1. The molecule has 0 atom stereocenters. The minimum absolute atomic E-state index is 0.0857. The van der Waals surface area contributed by atoms with E-state index in [1.165, 1.54) is 0 Å². The molecule has 1 rings (SSSR count). The average Bonchev–Trinajstić information content (AvgIpc) is 2.22. The Balaban J connectivity index is 2.43. The zero-order valence-electron chi connectivity index (χ0n) is 7.59. The molecule has 1 aromatic carbocycles. The Bertz CT molecular complexity index is 394. The molecule has 0 unspecified atom stereocenters. The largest absolute Gasteiger partial charge is 0.436 e. The van der Waals surface area contributed by atoms with E-state index in [1.54, 1.807) is 24.3 Å². The van der Waals surface area contributed by atoms with Crippen molar-refractivity contribution in [3.63, 3.8) is 0 Å². The second-order valence-electron chi connectivity index (χ2n) is 2.48. The van der Waals surface area contributed by atoms with Gasteiger partial charge >= 0.3 is 6.09 Å². The van der Waals surface area contributed by atoms with Gasteiger partial charge in [-0.2, -0.15) is 0 Å². The summed E-state index contributed by atoms with van der Waals surface area (Å²) in [7, 11) is 0. The summed E-state index contributed by atoms with van der Waals surface area (Å²) in [6, 6.07) is 6.74. The van der Waals surface area contributed by atoms with E-state index in [2.05, 4.69) is 15.2 Å². The van der Waals surface area contributed by atoms with Gasteiger partial charge in [0.15, 0.2) is 6.61 Å². The minimum Gasteiger partial charge on any atom is -0.436 e. The van der Waals surface area contributed by atoms with Crippen LogP contribution < -0.4 is 5.32 Å². The van der Waals surface area contributed by atoms with Crippen molar-refractivity contribution in [2.45, 2.75) is 0 Å². The first-order chi connectivity index (χ1) is 7.22. The van der Waals surface area contributed by atoms with Crippen LogP contribution in [0.15, 0.2) is 24.3 Å². The van der Waals surface area contributed by atoms with E-state index < -0.39 is 6.09 Å². The van der Waals surface area contributed by atoms with Crippen LogP contribution in [0, 0.1) is 9.85 Å². The van der Waals surface area contributed by atoms with Gasteiger partial charge in [0.2, 0.25) is 0 Å². The van der Waals surface area contributed by atoms with E-state index >= 15 is 0 Å². The van der Waals surface area contributed by atoms with Crippen molar-refractivity contribution >= 4 is 46.0 Å². The lowest BCUT2D eigenvalue weighted by Gasteiger charge is -2.03.